The van der Waals surface area contributed by atoms with Gasteiger partial charge in [-0.3, -0.25) is 0 Å². The molecule has 0 heterocycles. The summed E-state index contributed by atoms with van der Waals surface area (Å²) in [5.41, 5.74) is -0.585. The summed E-state index contributed by atoms with van der Waals surface area (Å²) >= 11 is 0. The summed E-state index contributed by atoms with van der Waals surface area (Å²) < 4.78 is 37.9. The Morgan fingerprint density at radius 2 is 2.00 bits per heavy atom. The number of aromatic hydroxyl groups is 1. The van der Waals surface area contributed by atoms with Crippen molar-refractivity contribution in [1.29, 1.82) is 0 Å². The fourth-order valence-corrected chi connectivity index (χ4v) is 1.52. The molecule has 0 bridgehead atoms. The molecule has 0 amide bonds. The fourth-order valence-electron chi connectivity index (χ4n) is 1.52. The first-order valence-electron chi connectivity index (χ1n) is 5.09. The second-order valence-corrected chi connectivity index (χ2v) is 3.99. The van der Waals surface area contributed by atoms with E-state index in [1.165, 1.54) is 12.1 Å². The van der Waals surface area contributed by atoms with Crippen molar-refractivity contribution in [3.05, 3.63) is 29.3 Å². The van der Waals surface area contributed by atoms with Crippen LogP contribution in [-0.2, 0) is 12.7 Å². The van der Waals surface area contributed by atoms with E-state index in [0.29, 0.717) is 6.04 Å². The van der Waals surface area contributed by atoms with Crippen molar-refractivity contribution in [3.63, 3.8) is 0 Å². The second kappa shape index (κ2) is 3.97. The van der Waals surface area contributed by atoms with Gasteiger partial charge in [0.1, 0.15) is 5.75 Å². The maximum atomic E-state index is 12.6. The summed E-state index contributed by atoms with van der Waals surface area (Å²) in [6, 6.07) is 3.71. The molecule has 2 rings (SSSR count). The lowest BCUT2D eigenvalue weighted by molar-refractivity contribution is -0.138. The summed E-state index contributed by atoms with van der Waals surface area (Å²) in [6.07, 6.45) is -2.36. The second-order valence-electron chi connectivity index (χ2n) is 3.99. The number of phenolic OH excluding ortho intramolecular Hbond substituents is 1. The number of rotatable bonds is 3. The number of alkyl halides is 3. The third-order valence-electron chi connectivity index (χ3n) is 2.56. The predicted molar refractivity (Wildman–Crippen MR) is 53.0 cm³/mol. The molecule has 88 valence electrons. The number of phenols is 1. The molecule has 1 aromatic rings. The highest BCUT2D eigenvalue weighted by Crippen LogP contribution is 2.34. The van der Waals surface area contributed by atoms with E-state index >= 15 is 0 Å². The summed E-state index contributed by atoms with van der Waals surface area (Å²) in [6.45, 7) is 0.194. The van der Waals surface area contributed by atoms with Crippen molar-refractivity contribution in [2.24, 2.45) is 0 Å². The highest BCUT2D eigenvalue weighted by Gasteiger charge is 2.34. The molecule has 2 nitrogen and oxygen atoms in total. The molecule has 0 aliphatic heterocycles. The first-order chi connectivity index (χ1) is 7.47. The first-order valence-corrected chi connectivity index (χ1v) is 5.09. The summed E-state index contributed by atoms with van der Waals surface area (Å²) in [4.78, 5) is 0. The monoisotopic (exact) mass is 231 g/mol. The highest BCUT2D eigenvalue weighted by molar-refractivity contribution is 5.36. The number of hydrogen-bond acceptors (Lipinski definition) is 2. The van der Waals surface area contributed by atoms with Gasteiger partial charge in [0.25, 0.3) is 0 Å². The van der Waals surface area contributed by atoms with Crippen LogP contribution < -0.4 is 5.32 Å². The highest BCUT2D eigenvalue weighted by atomic mass is 19.4. The minimum Gasteiger partial charge on any atom is -0.508 e. The van der Waals surface area contributed by atoms with E-state index in [2.05, 4.69) is 5.32 Å². The molecule has 1 fully saturated rings. The number of hydrogen-bond donors (Lipinski definition) is 2. The molecule has 0 aromatic heterocycles. The lowest BCUT2D eigenvalue weighted by Gasteiger charge is -2.13. The van der Waals surface area contributed by atoms with E-state index in [9.17, 15) is 13.2 Å². The van der Waals surface area contributed by atoms with E-state index in [1.807, 2.05) is 0 Å². The Morgan fingerprint density at radius 3 is 2.56 bits per heavy atom. The zero-order valence-electron chi connectivity index (χ0n) is 8.51. The van der Waals surface area contributed by atoms with Gasteiger partial charge in [-0.05, 0) is 30.5 Å². The van der Waals surface area contributed by atoms with E-state index in [1.54, 1.807) is 0 Å². The fraction of sp³-hybridized carbons (Fsp3) is 0.455. The van der Waals surface area contributed by atoms with Crippen LogP contribution >= 0.6 is 0 Å². The van der Waals surface area contributed by atoms with Crippen LogP contribution in [0.4, 0.5) is 13.2 Å². The minimum atomic E-state index is -4.42. The molecule has 2 N–H and O–H groups in total. The van der Waals surface area contributed by atoms with Gasteiger partial charge in [0.05, 0.1) is 5.56 Å². The van der Waals surface area contributed by atoms with Crippen molar-refractivity contribution < 1.29 is 18.3 Å². The van der Waals surface area contributed by atoms with Crippen molar-refractivity contribution in [3.8, 4) is 5.75 Å². The molecule has 1 aliphatic carbocycles. The van der Waals surface area contributed by atoms with Crippen LogP contribution in [-0.4, -0.2) is 11.1 Å². The molecule has 0 unspecified atom stereocenters. The molecule has 1 aliphatic rings. The molecule has 16 heavy (non-hydrogen) atoms. The van der Waals surface area contributed by atoms with Gasteiger partial charge in [-0.1, -0.05) is 6.07 Å². The average Bonchev–Trinajstić information content (AvgIpc) is 2.98. The number of benzene rings is 1. The molecule has 5 heteroatoms. The van der Waals surface area contributed by atoms with E-state index in [0.717, 1.165) is 18.9 Å². The van der Waals surface area contributed by atoms with E-state index < -0.39 is 11.7 Å². The molecule has 0 spiro atoms. The summed E-state index contributed by atoms with van der Waals surface area (Å²) in [5.74, 6) is -0.359. The van der Waals surface area contributed by atoms with Crippen LogP contribution in [0.25, 0.3) is 0 Å². The van der Waals surface area contributed by atoms with Crippen molar-refractivity contribution in [2.45, 2.75) is 31.6 Å². The van der Waals surface area contributed by atoms with E-state index in [4.69, 9.17) is 5.11 Å². The van der Waals surface area contributed by atoms with Gasteiger partial charge < -0.3 is 10.4 Å². The van der Waals surface area contributed by atoms with Gasteiger partial charge in [0, 0.05) is 12.6 Å². The van der Waals surface area contributed by atoms with Crippen LogP contribution in [0.2, 0.25) is 0 Å². The van der Waals surface area contributed by atoms with Gasteiger partial charge in [-0.25, -0.2) is 0 Å². The topological polar surface area (TPSA) is 32.3 Å². The Kier molecular flexibility index (Phi) is 2.80. The van der Waals surface area contributed by atoms with Gasteiger partial charge in [-0.15, -0.1) is 0 Å². The molecule has 0 atom stereocenters. The molecular weight excluding hydrogens is 219 g/mol. The number of halogens is 3. The Morgan fingerprint density at radius 1 is 1.31 bits per heavy atom. The Bertz CT molecular complexity index is 385. The summed E-state index contributed by atoms with van der Waals surface area (Å²) in [5, 5.41) is 12.1. The van der Waals surface area contributed by atoms with Crippen LogP contribution in [0.5, 0.6) is 5.75 Å². The molecule has 1 aromatic carbocycles. The zero-order valence-corrected chi connectivity index (χ0v) is 8.51. The van der Waals surface area contributed by atoms with Gasteiger partial charge in [0.15, 0.2) is 0 Å². The number of nitrogens with one attached hydrogen (secondary N) is 1. The SMILES string of the molecule is Oc1ccc(CNC2CC2)c(C(F)(F)F)c1. The Hall–Kier alpha value is -1.23. The quantitative estimate of drug-likeness (QED) is 0.838. The zero-order chi connectivity index (χ0) is 11.8. The van der Waals surface area contributed by atoms with Gasteiger partial charge in [-0.2, -0.15) is 13.2 Å². The van der Waals surface area contributed by atoms with Crippen LogP contribution in [0, 0.1) is 0 Å². The molecule has 1 saturated carbocycles. The molecular formula is C11H12F3NO. The minimum absolute atomic E-state index is 0.178. The lowest BCUT2D eigenvalue weighted by atomic mass is 10.1. The van der Waals surface area contributed by atoms with Crippen LogP contribution in [0.15, 0.2) is 18.2 Å². The molecule has 0 saturated heterocycles. The van der Waals surface area contributed by atoms with E-state index in [-0.39, 0.29) is 17.9 Å². The maximum absolute atomic E-state index is 12.6. The third kappa shape index (κ3) is 2.66. The van der Waals surface area contributed by atoms with Gasteiger partial charge in [0.2, 0.25) is 0 Å². The maximum Gasteiger partial charge on any atom is 0.416 e. The smallest absolute Gasteiger partial charge is 0.416 e. The third-order valence-corrected chi connectivity index (χ3v) is 2.56. The van der Waals surface area contributed by atoms with Crippen molar-refractivity contribution in [1.82, 2.24) is 5.32 Å². The average molecular weight is 231 g/mol. The van der Waals surface area contributed by atoms with Crippen LogP contribution in [0.1, 0.15) is 24.0 Å². The molecule has 0 radical (unpaired) electrons. The first kappa shape index (κ1) is 11.3. The largest absolute Gasteiger partial charge is 0.508 e. The predicted octanol–water partition coefficient (Wildman–Crippen LogP) is 2.66. The van der Waals surface area contributed by atoms with Crippen molar-refractivity contribution >= 4 is 0 Å². The van der Waals surface area contributed by atoms with Gasteiger partial charge >= 0.3 is 6.18 Å². The normalized spacial score (nSPS) is 16.4. The standard InChI is InChI=1S/C11H12F3NO/c12-11(13,14)10-5-9(16)4-1-7(10)6-15-8-2-3-8/h1,4-5,8,15-16H,2-3,6H2. The summed E-state index contributed by atoms with van der Waals surface area (Å²) in [7, 11) is 0. The van der Waals surface area contributed by atoms with Crippen molar-refractivity contribution in [2.75, 3.05) is 0 Å². The Labute approximate surface area is 91.1 Å². The Balaban J connectivity index is 2.20. The lowest BCUT2D eigenvalue weighted by Crippen LogP contribution is -2.19. The van der Waals surface area contributed by atoms with Crippen LogP contribution in [0.3, 0.4) is 0 Å².